The van der Waals surface area contributed by atoms with E-state index < -0.39 is 10.0 Å². The first kappa shape index (κ1) is 18.0. The summed E-state index contributed by atoms with van der Waals surface area (Å²) in [7, 11) is -1.51. The topological polar surface area (TPSA) is 71.3 Å². The van der Waals surface area contributed by atoms with Gasteiger partial charge < -0.3 is 4.90 Å². The molecule has 2 heterocycles. The maximum Gasteiger partial charge on any atom is 0.243 e. The summed E-state index contributed by atoms with van der Waals surface area (Å²) < 4.78 is 30.2. The lowest BCUT2D eigenvalue weighted by Gasteiger charge is -2.30. The fourth-order valence-electron chi connectivity index (χ4n) is 3.37. The van der Waals surface area contributed by atoms with Gasteiger partial charge in [-0.2, -0.15) is 9.40 Å². The van der Waals surface area contributed by atoms with Crippen LogP contribution in [-0.4, -0.2) is 65.1 Å². The van der Waals surface area contributed by atoms with Gasteiger partial charge in [0.15, 0.2) is 0 Å². The molecule has 0 N–H and O–H groups in total. The predicted molar refractivity (Wildman–Crippen MR) is 95.7 cm³/mol. The van der Waals surface area contributed by atoms with Crippen LogP contribution in [-0.2, 0) is 16.6 Å². The third kappa shape index (κ3) is 3.91. The molecule has 2 aromatic rings. The van der Waals surface area contributed by atoms with Crippen LogP contribution >= 0.6 is 0 Å². The van der Waals surface area contributed by atoms with Crippen LogP contribution in [0.1, 0.15) is 25.3 Å². The van der Waals surface area contributed by atoms with Crippen molar-refractivity contribution < 1.29 is 8.42 Å². The lowest BCUT2D eigenvalue weighted by molar-refractivity contribution is 0.270. The molecule has 0 aliphatic carbocycles. The van der Waals surface area contributed by atoms with E-state index in [0.29, 0.717) is 18.0 Å². The Kier molecular flexibility index (Phi) is 5.51. The molecule has 1 aliphatic heterocycles. The summed E-state index contributed by atoms with van der Waals surface area (Å²) >= 11 is 0. The molecule has 8 heteroatoms. The number of aromatic nitrogens is 3. The highest BCUT2D eigenvalue weighted by Crippen LogP contribution is 2.25. The van der Waals surface area contributed by atoms with Gasteiger partial charge in [0.25, 0.3) is 0 Å². The van der Waals surface area contributed by atoms with E-state index in [1.807, 2.05) is 19.1 Å². The molecule has 0 saturated carbocycles. The maximum absolute atomic E-state index is 13.4. The third-order valence-electron chi connectivity index (χ3n) is 4.68. The van der Waals surface area contributed by atoms with Crippen LogP contribution in [0.5, 0.6) is 0 Å². The minimum atomic E-state index is -3.56. The average molecular weight is 363 g/mol. The van der Waals surface area contributed by atoms with E-state index in [1.165, 1.54) is 6.33 Å². The standard InChI is InChI=1S/C17H25N5O2S/c1-3-16-12-20(2)9-6-10-22(16)25(23,24)17-8-5-4-7-15(17)11-21-14-18-13-19-21/h4-5,7-8,13-14,16H,3,6,9-12H2,1-2H3. The molecule has 1 aliphatic rings. The molecule has 0 radical (unpaired) electrons. The fourth-order valence-corrected chi connectivity index (χ4v) is 5.32. The first-order chi connectivity index (χ1) is 12.0. The van der Waals surface area contributed by atoms with Crippen molar-refractivity contribution in [1.29, 1.82) is 0 Å². The fraction of sp³-hybridized carbons (Fsp3) is 0.529. The van der Waals surface area contributed by atoms with Gasteiger partial charge in [-0.25, -0.2) is 18.1 Å². The first-order valence-electron chi connectivity index (χ1n) is 8.63. The van der Waals surface area contributed by atoms with E-state index in [9.17, 15) is 8.42 Å². The minimum absolute atomic E-state index is 0.00285. The molecule has 1 atom stereocenters. The number of hydrogen-bond donors (Lipinski definition) is 0. The van der Waals surface area contributed by atoms with E-state index in [2.05, 4.69) is 22.0 Å². The van der Waals surface area contributed by atoms with Crippen LogP contribution in [0.15, 0.2) is 41.8 Å². The van der Waals surface area contributed by atoms with Crippen molar-refractivity contribution in [3.63, 3.8) is 0 Å². The van der Waals surface area contributed by atoms with Crippen LogP contribution in [0.3, 0.4) is 0 Å². The Morgan fingerprint density at radius 1 is 1.24 bits per heavy atom. The largest absolute Gasteiger partial charge is 0.305 e. The normalized spacial score (nSPS) is 20.5. The maximum atomic E-state index is 13.4. The van der Waals surface area contributed by atoms with Crippen molar-refractivity contribution in [1.82, 2.24) is 24.0 Å². The van der Waals surface area contributed by atoms with Crippen molar-refractivity contribution in [3.05, 3.63) is 42.5 Å². The van der Waals surface area contributed by atoms with Crippen molar-refractivity contribution in [2.24, 2.45) is 0 Å². The number of hydrogen-bond acceptors (Lipinski definition) is 5. The van der Waals surface area contributed by atoms with E-state index in [-0.39, 0.29) is 6.04 Å². The molecule has 0 bridgehead atoms. The van der Waals surface area contributed by atoms with Gasteiger partial charge in [0.1, 0.15) is 12.7 Å². The second kappa shape index (κ2) is 7.63. The molecule has 1 aromatic carbocycles. The molecule has 1 fully saturated rings. The first-order valence-corrected chi connectivity index (χ1v) is 10.1. The summed E-state index contributed by atoms with van der Waals surface area (Å²) in [4.78, 5) is 6.51. The molecule has 3 rings (SSSR count). The Labute approximate surface area is 149 Å². The van der Waals surface area contributed by atoms with E-state index in [4.69, 9.17) is 0 Å². The van der Waals surface area contributed by atoms with Crippen molar-refractivity contribution in [3.8, 4) is 0 Å². The Hall–Kier alpha value is -1.77. The summed E-state index contributed by atoms with van der Waals surface area (Å²) in [5.74, 6) is 0. The van der Waals surface area contributed by atoms with Crippen LogP contribution in [0.4, 0.5) is 0 Å². The van der Waals surface area contributed by atoms with Gasteiger partial charge in [0.05, 0.1) is 11.4 Å². The lowest BCUT2D eigenvalue weighted by atomic mass is 10.2. The molecule has 1 unspecified atom stereocenters. The minimum Gasteiger partial charge on any atom is -0.305 e. The molecule has 1 saturated heterocycles. The zero-order chi connectivity index (χ0) is 17.9. The SMILES string of the molecule is CCC1CN(C)CCCN1S(=O)(=O)c1ccccc1Cn1cncn1. The van der Waals surface area contributed by atoms with Crippen LogP contribution < -0.4 is 0 Å². The zero-order valence-electron chi connectivity index (χ0n) is 14.7. The van der Waals surface area contributed by atoms with E-state index >= 15 is 0 Å². The van der Waals surface area contributed by atoms with Gasteiger partial charge in [0.2, 0.25) is 10.0 Å². The van der Waals surface area contributed by atoms with Crippen molar-refractivity contribution in [2.45, 2.75) is 37.2 Å². The van der Waals surface area contributed by atoms with Gasteiger partial charge >= 0.3 is 0 Å². The number of sulfonamides is 1. The zero-order valence-corrected chi connectivity index (χ0v) is 15.6. The van der Waals surface area contributed by atoms with Gasteiger partial charge in [-0.15, -0.1) is 0 Å². The molecular formula is C17H25N5O2S. The van der Waals surface area contributed by atoms with Gasteiger partial charge in [-0.3, -0.25) is 0 Å². The second-order valence-electron chi connectivity index (χ2n) is 6.49. The van der Waals surface area contributed by atoms with Gasteiger partial charge in [-0.05, 0) is 38.1 Å². The quantitative estimate of drug-likeness (QED) is 0.804. The van der Waals surface area contributed by atoms with E-state index in [0.717, 1.165) is 31.5 Å². The number of rotatable bonds is 5. The van der Waals surface area contributed by atoms with Crippen LogP contribution in [0, 0.1) is 0 Å². The molecule has 0 spiro atoms. The third-order valence-corrected chi connectivity index (χ3v) is 6.73. The Bertz CT molecular complexity index is 791. The Morgan fingerprint density at radius 2 is 2.04 bits per heavy atom. The second-order valence-corrected chi connectivity index (χ2v) is 8.35. The molecule has 1 aromatic heterocycles. The summed E-state index contributed by atoms with van der Waals surface area (Å²) in [5, 5.41) is 4.09. The van der Waals surface area contributed by atoms with Gasteiger partial charge in [-0.1, -0.05) is 25.1 Å². The molecular weight excluding hydrogens is 338 g/mol. The Morgan fingerprint density at radius 3 is 2.76 bits per heavy atom. The monoisotopic (exact) mass is 363 g/mol. The number of nitrogens with zero attached hydrogens (tertiary/aromatic N) is 5. The highest BCUT2D eigenvalue weighted by atomic mass is 32.2. The van der Waals surface area contributed by atoms with Crippen LogP contribution in [0.25, 0.3) is 0 Å². The molecule has 136 valence electrons. The Balaban J connectivity index is 1.96. The lowest BCUT2D eigenvalue weighted by Crippen LogP contribution is -2.43. The van der Waals surface area contributed by atoms with Crippen molar-refractivity contribution >= 4 is 10.0 Å². The summed E-state index contributed by atoms with van der Waals surface area (Å²) in [6.45, 7) is 4.68. The summed E-state index contributed by atoms with van der Waals surface area (Å²) in [6.07, 6.45) is 4.69. The molecule has 0 amide bonds. The van der Waals surface area contributed by atoms with Crippen LogP contribution in [0.2, 0.25) is 0 Å². The smallest absolute Gasteiger partial charge is 0.243 e. The summed E-state index contributed by atoms with van der Waals surface area (Å²) in [5.41, 5.74) is 0.737. The molecule has 25 heavy (non-hydrogen) atoms. The highest BCUT2D eigenvalue weighted by Gasteiger charge is 2.33. The number of likely N-dealkylation sites (N-methyl/N-ethyl adjacent to an activating group) is 1. The summed E-state index contributed by atoms with van der Waals surface area (Å²) in [6, 6.07) is 7.18. The predicted octanol–water partition coefficient (Wildman–Crippen LogP) is 1.43. The van der Waals surface area contributed by atoms with E-state index in [1.54, 1.807) is 27.4 Å². The molecule has 7 nitrogen and oxygen atoms in total. The number of benzene rings is 1. The van der Waals surface area contributed by atoms with Gasteiger partial charge in [0, 0.05) is 19.1 Å². The highest BCUT2D eigenvalue weighted by molar-refractivity contribution is 7.89. The van der Waals surface area contributed by atoms with Crippen molar-refractivity contribution in [2.75, 3.05) is 26.7 Å². The average Bonchev–Trinajstić information content (AvgIpc) is 3.02.